The van der Waals surface area contributed by atoms with Gasteiger partial charge in [0.05, 0.1) is 24.0 Å². The Balaban J connectivity index is 1.72. The molecule has 0 aliphatic heterocycles. The minimum Gasteiger partial charge on any atom is -0.376 e. The first kappa shape index (κ1) is 16.0. The maximum absolute atomic E-state index is 12.2. The second kappa shape index (κ2) is 7.04. The van der Waals surface area contributed by atoms with Crippen molar-refractivity contribution in [3.63, 3.8) is 0 Å². The van der Waals surface area contributed by atoms with Crippen molar-refractivity contribution in [2.75, 3.05) is 13.2 Å². The van der Waals surface area contributed by atoms with Crippen LogP contribution in [0.1, 0.15) is 47.4 Å². The van der Waals surface area contributed by atoms with Gasteiger partial charge < -0.3 is 15.8 Å². The summed E-state index contributed by atoms with van der Waals surface area (Å²) >= 11 is 0. The van der Waals surface area contributed by atoms with Crippen LogP contribution < -0.4 is 11.1 Å². The van der Waals surface area contributed by atoms with Crippen molar-refractivity contribution in [1.82, 2.24) is 15.1 Å². The van der Waals surface area contributed by atoms with Crippen molar-refractivity contribution >= 4 is 5.91 Å². The largest absolute Gasteiger partial charge is 0.376 e. The number of hydrogen-bond donors (Lipinski definition) is 2. The summed E-state index contributed by atoms with van der Waals surface area (Å²) in [4.78, 5) is 12.2. The minimum atomic E-state index is -0.0765. The van der Waals surface area contributed by atoms with Crippen LogP contribution in [0.4, 0.5) is 0 Å². The van der Waals surface area contributed by atoms with Crippen LogP contribution in [-0.4, -0.2) is 41.0 Å². The molecule has 1 heterocycles. The molecule has 1 fully saturated rings. The van der Waals surface area contributed by atoms with Gasteiger partial charge in [-0.2, -0.15) is 5.10 Å². The number of nitrogens with zero attached hydrogens (tertiary/aromatic N) is 2. The lowest BCUT2D eigenvalue weighted by atomic mass is 9.94. The van der Waals surface area contributed by atoms with Crippen molar-refractivity contribution in [3.05, 3.63) is 17.0 Å². The summed E-state index contributed by atoms with van der Waals surface area (Å²) < 4.78 is 7.52. The molecule has 3 N–H and O–H groups in total. The Morgan fingerprint density at radius 1 is 1.38 bits per heavy atom. The predicted molar refractivity (Wildman–Crippen MR) is 81.2 cm³/mol. The topological polar surface area (TPSA) is 82.2 Å². The Bertz CT molecular complexity index is 490. The van der Waals surface area contributed by atoms with E-state index in [4.69, 9.17) is 10.5 Å². The first-order valence-electron chi connectivity index (χ1n) is 7.64. The van der Waals surface area contributed by atoms with E-state index >= 15 is 0 Å². The number of rotatable bonds is 5. The summed E-state index contributed by atoms with van der Waals surface area (Å²) in [5.74, 6) is -0.0765. The van der Waals surface area contributed by atoms with Crippen molar-refractivity contribution in [2.45, 2.75) is 51.7 Å². The summed E-state index contributed by atoms with van der Waals surface area (Å²) in [6.07, 6.45) is 4.41. The van der Waals surface area contributed by atoms with Gasteiger partial charge in [-0.15, -0.1) is 0 Å². The van der Waals surface area contributed by atoms with E-state index in [-0.39, 0.29) is 5.91 Å². The molecule has 1 aromatic heterocycles. The Hall–Kier alpha value is -1.40. The van der Waals surface area contributed by atoms with E-state index in [0.29, 0.717) is 30.9 Å². The second-order valence-corrected chi connectivity index (χ2v) is 5.83. The summed E-state index contributed by atoms with van der Waals surface area (Å²) in [6, 6.07) is 0.334. The molecule has 1 amide bonds. The van der Waals surface area contributed by atoms with Crippen molar-refractivity contribution in [3.8, 4) is 0 Å². The average molecular weight is 294 g/mol. The highest BCUT2D eigenvalue weighted by atomic mass is 16.5. The number of ether oxygens (including phenoxy) is 1. The molecule has 1 aliphatic carbocycles. The summed E-state index contributed by atoms with van der Waals surface area (Å²) in [5, 5.41) is 7.15. The van der Waals surface area contributed by atoms with E-state index in [1.807, 2.05) is 20.9 Å². The molecular formula is C15H26N4O2. The van der Waals surface area contributed by atoms with E-state index in [1.54, 1.807) is 4.68 Å². The van der Waals surface area contributed by atoms with Crippen molar-refractivity contribution in [1.29, 1.82) is 0 Å². The lowest BCUT2D eigenvalue weighted by Gasteiger charge is -2.26. The fraction of sp³-hybridized carbons (Fsp3) is 0.733. The highest BCUT2D eigenvalue weighted by Gasteiger charge is 2.19. The molecule has 0 saturated heterocycles. The van der Waals surface area contributed by atoms with Crippen LogP contribution in [0.25, 0.3) is 0 Å². The fourth-order valence-corrected chi connectivity index (χ4v) is 2.84. The molecule has 21 heavy (non-hydrogen) atoms. The maximum Gasteiger partial charge on any atom is 0.255 e. The lowest BCUT2D eigenvalue weighted by Crippen LogP contribution is -2.33. The number of aryl methyl sites for hydroxylation is 2. The van der Waals surface area contributed by atoms with Gasteiger partial charge in [-0.3, -0.25) is 9.48 Å². The third kappa shape index (κ3) is 4.04. The molecule has 6 nitrogen and oxygen atoms in total. The van der Waals surface area contributed by atoms with E-state index < -0.39 is 0 Å². The van der Waals surface area contributed by atoms with Crippen LogP contribution in [0, 0.1) is 13.8 Å². The quantitative estimate of drug-likeness (QED) is 0.795. The van der Waals surface area contributed by atoms with Gasteiger partial charge >= 0.3 is 0 Å². The summed E-state index contributed by atoms with van der Waals surface area (Å²) in [7, 11) is 1.84. The van der Waals surface area contributed by atoms with Gasteiger partial charge in [-0.25, -0.2) is 0 Å². The Kier molecular flexibility index (Phi) is 5.36. The smallest absolute Gasteiger partial charge is 0.255 e. The molecule has 0 radical (unpaired) electrons. The van der Waals surface area contributed by atoms with Gasteiger partial charge in [0.2, 0.25) is 0 Å². The molecule has 1 saturated carbocycles. The third-order valence-corrected chi connectivity index (χ3v) is 4.20. The minimum absolute atomic E-state index is 0.0765. The number of amides is 1. The van der Waals surface area contributed by atoms with Crippen LogP contribution in [0.2, 0.25) is 0 Å². The van der Waals surface area contributed by atoms with Crippen LogP contribution in [0.15, 0.2) is 0 Å². The monoisotopic (exact) mass is 294 g/mol. The van der Waals surface area contributed by atoms with Gasteiger partial charge in [-0.05, 0) is 39.5 Å². The highest BCUT2D eigenvalue weighted by molar-refractivity contribution is 5.96. The first-order chi connectivity index (χ1) is 9.99. The Labute approximate surface area is 126 Å². The van der Waals surface area contributed by atoms with Gasteiger partial charge in [0.15, 0.2) is 0 Å². The van der Waals surface area contributed by atoms with Crippen LogP contribution in [0.3, 0.4) is 0 Å². The van der Waals surface area contributed by atoms with Crippen molar-refractivity contribution < 1.29 is 9.53 Å². The fourth-order valence-electron chi connectivity index (χ4n) is 2.84. The number of nitrogens with two attached hydrogens (primary N) is 1. The van der Waals surface area contributed by atoms with Crippen molar-refractivity contribution in [2.24, 2.45) is 12.8 Å². The maximum atomic E-state index is 12.2. The predicted octanol–water partition coefficient (Wildman–Crippen LogP) is 1.05. The standard InChI is InChI=1S/C15H26N4O2/c1-10-14(11(2)19(3)18-10)15(20)17-8-9-21-13-6-4-12(16)5-7-13/h12-13H,4-9,16H2,1-3H3,(H,17,20). The number of carbonyl (C=O) groups excluding carboxylic acids is 1. The van der Waals surface area contributed by atoms with Crippen LogP contribution in [0.5, 0.6) is 0 Å². The summed E-state index contributed by atoms with van der Waals surface area (Å²) in [6.45, 7) is 4.82. The molecule has 6 heteroatoms. The second-order valence-electron chi connectivity index (χ2n) is 5.83. The molecule has 0 bridgehead atoms. The Morgan fingerprint density at radius 2 is 2.05 bits per heavy atom. The number of nitrogens with one attached hydrogen (secondary N) is 1. The zero-order chi connectivity index (χ0) is 15.4. The SMILES string of the molecule is Cc1nn(C)c(C)c1C(=O)NCCOC1CCC(N)CC1. The average Bonchev–Trinajstić information content (AvgIpc) is 2.70. The molecule has 0 unspecified atom stereocenters. The lowest BCUT2D eigenvalue weighted by molar-refractivity contribution is 0.0267. The van der Waals surface area contributed by atoms with Crippen LogP contribution >= 0.6 is 0 Å². The highest BCUT2D eigenvalue weighted by Crippen LogP contribution is 2.19. The molecule has 1 aromatic rings. The number of hydrogen-bond acceptors (Lipinski definition) is 4. The number of carbonyl (C=O) groups is 1. The summed E-state index contributed by atoms with van der Waals surface area (Å²) in [5.41, 5.74) is 8.17. The molecule has 118 valence electrons. The van der Waals surface area contributed by atoms with Crippen LogP contribution in [-0.2, 0) is 11.8 Å². The van der Waals surface area contributed by atoms with Gasteiger partial charge in [0.1, 0.15) is 0 Å². The zero-order valence-electron chi connectivity index (χ0n) is 13.2. The number of aromatic nitrogens is 2. The van der Waals surface area contributed by atoms with E-state index in [1.165, 1.54) is 0 Å². The Morgan fingerprint density at radius 3 is 2.62 bits per heavy atom. The molecule has 0 aromatic carbocycles. The third-order valence-electron chi connectivity index (χ3n) is 4.20. The molecule has 0 spiro atoms. The molecule has 1 aliphatic rings. The zero-order valence-corrected chi connectivity index (χ0v) is 13.2. The molecule has 0 atom stereocenters. The van der Waals surface area contributed by atoms with E-state index in [0.717, 1.165) is 37.1 Å². The normalized spacial score (nSPS) is 22.3. The van der Waals surface area contributed by atoms with Gasteiger partial charge in [0.25, 0.3) is 5.91 Å². The van der Waals surface area contributed by atoms with Gasteiger partial charge in [-0.1, -0.05) is 0 Å². The first-order valence-corrected chi connectivity index (χ1v) is 7.64. The molecule has 2 rings (SSSR count). The molecular weight excluding hydrogens is 268 g/mol. The van der Waals surface area contributed by atoms with E-state index in [2.05, 4.69) is 10.4 Å². The van der Waals surface area contributed by atoms with Gasteiger partial charge in [0, 0.05) is 25.3 Å². The van der Waals surface area contributed by atoms with E-state index in [9.17, 15) is 4.79 Å².